The maximum atomic E-state index is 10.5. The van der Waals surface area contributed by atoms with Crippen LogP contribution in [0.5, 0.6) is 0 Å². The molecular weight excluding hydrogens is 240 g/mol. The number of hydrogen-bond donors (Lipinski definition) is 1. The van der Waals surface area contributed by atoms with Crippen molar-refractivity contribution in [2.24, 2.45) is 0 Å². The average Bonchev–Trinajstić information content (AvgIpc) is 2.55. The maximum Gasteiger partial charge on any atom is 0.313 e. The fraction of sp³-hybridized carbons (Fsp3) is 0.636. The Balaban J connectivity index is 2.54. The predicted octanol–water partition coefficient (Wildman–Crippen LogP) is 1.79. The van der Waals surface area contributed by atoms with Crippen molar-refractivity contribution in [2.45, 2.75) is 38.6 Å². The first kappa shape index (κ1) is 14.1. The van der Waals surface area contributed by atoms with Gasteiger partial charge in [-0.25, -0.2) is 4.98 Å². The SMILES string of the molecule is Cc1cn(CCOC(C)C)c(SCC(=O)O)n1. The Hall–Kier alpha value is -1.01. The molecule has 0 unspecified atom stereocenters. The molecule has 0 saturated heterocycles. The lowest BCUT2D eigenvalue weighted by Gasteiger charge is -2.09. The van der Waals surface area contributed by atoms with E-state index in [1.165, 1.54) is 11.8 Å². The van der Waals surface area contributed by atoms with Crippen LogP contribution < -0.4 is 0 Å². The minimum absolute atomic E-state index is 0.0293. The van der Waals surface area contributed by atoms with Crippen molar-refractivity contribution in [1.82, 2.24) is 9.55 Å². The minimum Gasteiger partial charge on any atom is -0.481 e. The number of ether oxygens (including phenoxy) is 1. The van der Waals surface area contributed by atoms with Crippen LogP contribution in [0.2, 0.25) is 0 Å². The molecule has 1 N–H and O–H groups in total. The largest absolute Gasteiger partial charge is 0.481 e. The van der Waals surface area contributed by atoms with Gasteiger partial charge in [-0.2, -0.15) is 0 Å². The molecule has 0 amide bonds. The zero-order valence-corrected chi connectivity index (χ0v) is 11.2. The number of thioether (sulfide) groups is 1. The van der Waals surface area contributed by atoms with E-state index in [1.54, 1.807) is 0 Å². The molecule has 0 fully saturated rings. The lowest BCUT2D eigenvalue weighted by atomic mass is 10.5. The Bertz CT molecular complexity index is 377. The molecule has 0 spiro atoms. The number of carboxylic acids is 1. The van der Waals surface area contributed by atoms with Crippen LogP contribution in [0.15, 0.2) is 11.4 Å². The lowest BCUT2D eigenvalue weighted by Crippen LogP contribution is -2.11. The molecule has 6 heteroatoms. The van der Waals surface area contributed by atoms with E-state index < -0.39 is 5.97 Å². The van der Waals surface area contributed by atoms with Crippen molar-refractivity contribution in [3.63, 3.8) is 0 Å². The van der Waals surface area contributed by atoms with E-state index in [0.717, 1.165) is 10.9 Å². The Labute approximate surface area is 105 Å². The molecule has 96 valence electrons. The highest BCUT2D eigenvalue weighted by Gasteiger charge is 2.08. The van der Waals surface area contributed by atoms with Gasteiger partial charge in [0.25, 0.3) is 0 Å². The molecule has 0 radical (unpaired) electrons. The Morgan fingerprint density at radius 2 is 2.35 bits per heavy atom. The van der Waals surface area contributed by atoms with Gasteiger partial charge in [-0.3, -0.25) is 4.79 Å². The minimum atomic E-state index is -0.833. The van der Waals surface area contributed by atoms with E-state index >= 15 is 0 Å². The van der Waals surface area contributed by atoms with Crippen LogP contribution >= 0.6 is 11.8 Å². The van der Waals surface area contributed by atoms with Gasteiger partial charge in [-0.1, -0.05) is 11.8 Å². The molecule has 1 heterocycles. The van der Waals surface area contributed by atoms with E-state index in [1.807, 2.05) is 31.5 Å². The van der Waals surface area contributed by atoms with Crippen LogP contribution in [0, 0.1) is 6.92 Å². The number of aromatic nitrogens is 2. The van der Waals surface area contributed by atoms with Gasteiger partial charge in [0, 0.05) is 12.7 Å². The number of rotatable bonds is 7. The number of hydrogen-bond acceptors (Lipinski definition) is 4. The van der Waals surface area contributed by atoms with Crippen molar-refractivity contribution >= 4 is 17.7 Å². The standard InChI is InChI=1S/C11H18N2O3S/c1-8(2)16-5-4-13-6-9(3)12-11(13)17-7-10(14)15/h6,8H,4-5,7H2,1-3H3,(H,14,15). The summed E-state index contributed by atoms with van der Waals surface area (Å²) in [5.74, 6) is -0.803. The normalized spacial score (nSPS) is 11.1. The van der Waals surface area contributed by atoms with Crippen LogP contribution in [0.4, 0.5) is 0 Å². The van der Waals surface area contributed by atoms with Crippen molar-refractivity contribution in [2.75, 3.05) is 12.4 Å². The highest BCUT2D eigenvalue weighted by molar-refractivity contribution is 7.99. The van der Waals surface area contributed by atoms with Crippen molar-refractivity contribution < 1.29 is 14.6 Å². The van der Waals surface area contributed by atoms with E-state index in [-0.39, 0.29) is 11.9 Å². The van der Waals surface area contributed by atoms with Gasteiger partial charge in [-0.15, -0.1) is 0 Å². The zero-order valence-electron chi connectivity index (χ0n) is 10.3. The molecule has 0 bridgehead atoms. The highest BCUT2D eigenvalue weighted by atomic mass is 32.2. The van der Waals surface area contributed by atoms with Crippen LogP contribution in [-0.2, 0) is 16.1 Å². The Morgan fingerprint density at radius 3 is 2.94 bits per heavy atom. The molecule has 0 aliphatic heterocycles. The second kappa shape index (κ2) is 6.66. The molecule has 0 saturated carbocycles. The summed E-state index contributed by atoms with van der Waals surface area (Å²) < 4.78 is 7.40. The average molecular weight is 258 g/mol. The number of aryl methyl sites for hydroxylation is 1. The molecule has 1 rings (SSSR count). The molecule has 0 aromatic carbocycles. The fourth-order valence-corrected chi connectivity index (χ4v) is 2.08. The third-order valence-electron chi connectivity index (χ3n) is 1.97. The van der Waals surface area contributed by atoms with Gasteiger partial charge in [-0.05, 0) is 20.8 Å². The molecule has 1 aromatic rings. The van der Waals surface area contributed by atoms with Gasteiger partial charge < -0.3 is 14.4 Å². The smallest absolute Gasteiger partial charge is 0.313 e. The van der Waals surface area contributed by atoms with Gasteiger partial charge in [0.05, 0.1) is 24.2 Å². The maximum absolute atomic E-state index is 10.5. The second-order valence-electron chi connectivity index (χ2n) is 3.96. The molecule has 1 aromatic heterocycles. The van der Waals surface area contributed by atoms with Crippen molar-refractivity contribution in [1.29, 1.82) is 0 Å². The number of imidazole rings is 1. The van der Waals surface area contributed by atoms with Gasteiger partial charge in [0.2, 0.25) is 0 Å². The van der Waals surface area contributed by atoms with E-state index in [0.29, 0.717) is 13.2 Å². The number of nitrogens with zero attached hydrogens (tertiary/aromatic N) is 2. The first-order valence-corrected chi connectivity index (χ1v) is 6.47. The summed E-state index contributed by atoms with van der Waals surface area (Å²) in [6, 6.07) is 0. The molecule has 0 aliphatic rings. The second-order valence-corrected chi connectivity index (χ2v) is 4.90. The highest BCUT2D eigenvalue weighted by Crippen LogP contribution is 2.17. The number of carboxylic acid groups (broad SMARTS) is 1. The summed E-state index contributed by atoms with van der Waals surface area (Å²) in [5, 5.41) is 9.37. The Morgan fingerprint density at radius 1 is 1.65 bits per heavy atom. The monoisotopic (exact) mass is 258 g/mol. The van der Waals surface area contributed by atoms with Crippen molar-refractivity contribution in [3.05, 3.63) is 11.9 Å². The first-order chi connectivity index (χ1) is 7.99. The van der Waals surface area contributed by atoms with Crippen LogP contribution in [-0.4, -0.2) is 39.1 Å². The summed E-state index contributed by atoms with van der Waals surface area (Å²) in [7, 11) is 0. The third kappa shape index (κ3) is 5.23. The predicted molar refractivity (Wildman–Crippen MR) is 66.4 cm³/mol. The van der Waals surface area contributed by atoms with Crippen LogP contribution in [0.3, 0.4) is 0 Å². The summed E-state index contributed by atoms with van der Waals surface area (Å²) in [4.78, 5) is 14.8. The lowest BCUT2D eigenvalue weighted by molar-refractivity contribution is -0.133. The molecule has 17 heavy (non-hydrogen) atoms. The fourth-order valence-electron chi connectivity index (χ4n) is 1.31. The van der Waals surface area contributed by atoms with E-state index in [2.05, 4.69) is 4.98 Å². The summed E-state index contributed by atoms with van der Waals surface area (Å²) in [5.41, 5.74) is 0.891. The van der Waals surface area contributed by atoms with E-state index in [4.69, 9.17) is 9.84 Å². The van der Waals surface area contributed by atoms with Gasteiger partial charge >= 0.3 is 5.97 Å². The topological polar surface area (TPSA) is 64.3 Å². The number of aliphatic carboxylic acids is 1. The van der Waals surface area contributed by atoms with Crippen LogP contribution in [0.1, 0.15) is 19.5 Å². The number of carbonyl (C=O) groups is 1. The summed E-state index contributed by atoms with van der Waals surface area (Å²) in [6.07, 6.45) is 2.11. The van der Waals surface area contributed by atoms with Gasteiger partial charge in [0.15, 0.2) is 5.16 Å². The van der Waals surface area contributed by atoms with Crippen LogP contribution in [0.25, 0.3) is 0 Å². The van der Waals surface area contributed by atoms with Gasteiger partial charge in [0.1, 0.15) is 0 Å². The molecule has 5 nitrogen and oxygen atoms in total. The third-order valence-corrected chi connectivity index (χ3v) is 2.94. The molecule has 0 aliphatic carbocycles. The summed E-state index contributed by atoms with van der Waals surface area (Å²) in [6.45, 7) is 7.16. The summed E-state index contributed by atoms with van der Waals surface area (Å²) >= 11 is 1.23. The van der Waals surface area contributed by atoms with Crippen molar-refractivity contribution in [3.8, 4) is 0 Å². The zero-order chi connectivity index (χ0) is 12.8. The quantitative estimate of drug-likeness (QED) is 0.755. The Kier molecular flexibility index (Phi) is 5.50. The first-order valence-electron chi connectivity index (χ1n) is 5.49. The molecule has 0 atom stereocenters. The molecular formula is C11H18N2O3S. The van der Waals surface area contributed by atoms with E-state index in [9.17, 15) is 4.79 Å².